The molecule has 4 rings (SSSR count). The first kappa shape index (κ1) is 17.8. The van der Waals surface area contributed by atoms with Crippen molar-refractivity contribution in [3.63, 3.8) is 0 Å². The number of ether oxygens (including phenoxy) is 1. The fourth-order valence-electron chi connectivity index (χ4n) is 3.01. The van der Waals surface area contributed by atoms with Gasteiger partial charge in [0.05, 0.1) is 10.4 Å². The molecule has 0 saturated heterocycles. The molecular formula is C20H16N2O3S2. The maximum Gasteiger partial charge on any atom is 0.359 e. The molecule has 0 saturated carbocycles. The lowest BCUT2D eigenvalue weighted by Crippen LogP contribution is -2.14. The van der Waals surface area contributed by atoms with Gasteiger partial charge in [0.1, 0.15) is 0 Å². The van der Waals surface area contributed by atoms with Crippen LogP contribution in [0.2, 0.25) is 0 Å². The molecule has 0 amide bonds. The zero-order chi connectivity index (χ0) is 19.0. The summed E-state index contributed by atoms with van der Waals surface area (Å²) in [7, 11) is 0. The van der Waals surface area contributed by atoms with Crippen LogP contribution in [0.25, 0.3) is 15.6 Å². The molecule has 3 heterocycles. The van der Waals surface area contributed by atoms with Crippen molar-refractivity contribution < 1.29 is 14.3 Å². The Hall–Kier alpha value is -2.64. The summed E-state index contributed by atoms with van der Waals surface area (Å²) in [4.78, 5) is 30.1. The predicted molar refractivity (Wildman–Crippen MR) is 108 cm³/mol. The second-order valence-corrected chi connectivity index (χ2v) is 7.78. The number of hydrogen-bond donors (Lipinski definition) is 0. The van der Waals surface area contributed by atoms with Crippen LogP contribution in [0.3, 0.4) is 0 Å². The Morgan fingerprint density at radius 1 is 1.19 bits per heavy atom. The lowest BCUT2D eigenvalue weighted by molar-refractivity contribution is 0.0472. The number of esters is 1. The summed E-state index contributed by atoms with van der Waals surface area (Å²) in [6.45, 7) is 1.62. The molecular weight excluding hydrogens is 380 g/mol. The predicted octanol–water partition coefficient (Wildman–Crippen LogP) is 4.62. The van der Waals surface area contributed by atoms with Crippen molar-refractivity contribution in [1.82, 2.24) is 9.38 Å². The number of nitrogens with zero attached hydrogens (tertiary/aromatic N) is 2. The third-order valence-corrected chi connectivity index (χ3v) is 6.29. The van der Waals surface area contributed by atoms with Crippen molar-refractivity contribution in [3.8, 4) is 0 Å². The molecule has 0 N–H and O–H groups in total. The van der Waals surface area contributed by atoms with Crippen molar-refractivity contribution in [2.24, 2.45) is 0 Å². The molecule has 3 aromatic heterocycles. The normalized spacial score (nSPS) is 11.2. The Bertz CT molecular complexity index is 1180. The van der Waals surface area contributed by atoms with Crippen LogP contribution >= 0.6 is 23.1 Å². The zero-order valence-electron chi connectivity index (χ0n) is 14.8. The largest absolute Gasteiger partial charge is 0.452 e. The number of carbonyl (C=O) groups excluding carboxylic acids is 2. The highest BCUT2D eigenvalue weighted by Gasteiger charge is 2.21. The number of aryl methyl sites for hydroxylation is 1. The van der Waals surface area contributed by atoms with Gasteiger partial charge < -0.3 is 4.74 Å². The van der Waals surface area contributed by atoms with E-state index in [-0.39, 0.29) is 18.1 Å². The lowest BCUT2D eigenvalue weighted by Gasteiger charge is -2.03. The first-order valence-electron chi connectivity index (χ1n) is 8.29. The standard InChI is InChI=1S/C20H16N2O3S2/c1-12-13-7-3-4-9-16(13)27-18(12)15(23)11-25-19(24)17-14-8-5-6-10-22(14)20(21-17)26-2/h3-10H,11H2,1-2H3. The number of rotatable bonds is 5. The van der Waals surface area contributed by atoms with E-state index in [2.05, 4.69) is 4.98 Å². The summed E-state index contributed by atoms with van der Waals surface area (Å²) in [6.07, 6.45) is 3.74. The van der Waals surface area contributed by atoms with Crippen LogP contribution in [-0.2, 0) is 4.74 Å². The van der Waals surface area contributed by atoms with Gasteiger partial charge in [-0.25, -0.2) is 9.78 Å². The van der Waals surface area contributed by atoms with Gasteiger partial charge in [0.15, 0.2) is 17.5 Å². The van der Waals surface area contributed by atoms with Crippen molar-refractivity contribution in [2.75, 3.05) is 12.9 Å². The SMILES string of the molecule is CSc1nc(C(=O)OCC(=O)c2sc3ccccc3c2C)c2ccccn12. The molecule has 4 aromatic rings. The number of pyridine rings is 1. The van der Waals surface area contributed by atoms with E-state index < -0.39 is 5.97 Å². The van der Waals surface area contributed by atoms with Crippen LogP contribution in [-0.4, -0.2) is 34.0 Å². The maximum absolute atomic E-state index is 12.6. The number of thioether (sulfide) groups is 1. The van der Waals surface area contributed by atoms with Crippen molar-refractivity contribution in [1.29, 1.82) is 0 Å². The summed E-state index contributed by atoms with van der Waals surface area (Å²) in [5.74, 6) is -0.790. The first-order valence-corrected chi connectivity index (χ1v) is 10.3. The van der Waals surface area contributed by atoms with Gasteiger partial charge in [-0.1, -0.05) is 36.0 Å². The van der Waals surface area contributed by atoms with E-state index >= 15 is 0 Å². The molecule has 5 nitrogen and oxygen atoms in total. The van der Waals surface area contributed by atoms with Gasteiger partial charge in [-0.05, 0) is 42.3 Å². The highest BCUT2D eigenvalue weighted by Crippen LogP contribution is 2.31. The highest BCUT2D eigenvalue weighted by atomic mass is 32.2. The van der Waals surface area contributed by atoms with Crippen LogP contribution < -0.4 is 0 Å². The van der Waals surface area contributed by atoms with Crippen LogP contribution in [0.5, 0.6) is 0 Å². The van der Waals surface area contributed by atoms with Crippen LogP contribution in [0, 0.1) is 6.92 Å². The molecule has 0 bridgehead atoms. The number of imidazole rings is 1. The van der Waals surface area contributed by atoms with E-state index in [0.29, 0.717) is 15.6 Å². The van der Waals surface area contributed by atoms with Crippen molar-refractivity contribution in [2.45, 2.75) is 12.1 Å². The number of hydrogen-bond acceptors (Lipinski definition) is 6. The fourth-order valence-corrected chi connectivity index (χ4v) is 4.68. The summed E-state index contributed by atoms with van der Waals surface area (Å²) < 4.78 is 8.18. The van der Waals surface area contributed by atoms with Gasteiger partial charge in [0, 0.05) is 10.9 Å². The van der Waals surface area contributed by atoms with Gasteiger partial charge in [0.2, 0.25) is 5.78 Å². The summed E-state index contributed by atoms with van der Waals surface area (Å²) in [5, 5.41) is 1.76. The van der Waals surface area contributed by atoms with Crippen LogP contribution in [0.15, 0.2) is 53.8 Å². The smallest absolute Gasteiger partial charge is 0.359 e. The fraction of sp³-hybridized carbons (Fsp3) is 0.150. The topological polar surface area (TPSA) is 60.7 Å². The minimum Gasteiger partial charge on any atom is -0.452 e. The molecule has 0 radical (unpaired) electrons. The Morgan fingerprint density at radius 3 is 2.74 bits per heavy atom. The number of fused-ring (bicyclic) bond motifs is 2. The van der Waals surface area contributed by atoms with E-state index in [0.717, 1.165) is 15.6 Å². The molecule has 0 aliphatic rings. The number of carbonyl (C=O) groups is 2. The van der Waals surface area contributed by atoms with E-state index in [4.69, 9.17) is 4.74 Å². The minimum atomic E-state index is -0.592. The average Bonchev–Trinajstić information content (AvgIpc) is 3.24. The van der Waals surface area contributed by atoms with Gasteiger partial charge in [0.25, 0.3) is 0 Å². The van der Waals surface area contributed by atoms with E-state index in [1.807, 2.05) is 60.2 Å². The first-order chi connectivity index (χ1) is 13.1. The van der Waals surface area contributed by atoms with E-state index in [9.17, 15) is 9.59 Å². The van der Waals surface area contributed by atoms with Gasteiger partial charge in [-0.15, -0.1) is 11.3 Å². The van der Waals surface area contributed by atoms with E-state index in [1.54, 1.807) is 6.07 Å². The second-order valence-electron chi connectivity index (χ2n) is 5.95. The molecule has 0 aliphatic heterocycles. The van der Waals surface area contributed by atoms with Crippen LogP contribution in [0.4, 0.5) is 0 Å². The summed E-state index contributed by atoms with van der Waals surface area (Å²) in [5.41, 5.74) is 1.81. The Kier molecular flexibility index (Phi) is 4.72. The Labute approximate surface area is 164 Å². The molecule has 1 aromatic carbocycles. The van der Waals surface area contributed by atoms with E-state index in [1.165, 1.54) is 23.1 Å². The Morgan fingerprint density at radius 2 is 1.96 bits per heavy atom. The number of thiophene rings is 1. The number of benzene rings is 1. The molecule has 136 valence electrons. The number of aromatic nitrogens is 2. The molecule has 0 spiro atoms. The molecule has 0 aliphatic carbocycles. The maximum atomic E-state index is 12.6. The number of ketones is 1. The average molecular weight is 396 g/mol. The van der Waals surface area contributed by atoms with Crippen LogP contribution in [0.1, 0.15) is 25.7 Å². The van der Waals surface area contributed by atoms with Gasteiger partial charge in [-0.3, -0.25) is 9.20 Å². The molecule has 0 unspecified atom stereocenters. The second kappa shape index (κ2) is 7.17. The monoisotopic (exact) mass is 396 g/mol. The summed E-state index contributed by atoms with van der Waals surface area (Å²) >= 11 is 2.87. The van der Waals surface area contributed by atoms with Gasteiger partial charge >= 0.3 is 5.97 Å². The highest BCUT2D eigenvalue weighted by molar-refractivity contribution is 7.98. The zero-order valence-corrected chi connectivity index (χ0v) is 16.4. The van der Waals surface area contributed by atoms with Gasteiger partial charge in [-0.2, -0.15) is 0 Å². The lowest BCUT2D eigenvalue weighted by atomic mass is 10.1. The van der Waals surface area contributed by atoms with Crippen molar-refractivity contribution >= 4 is 50.5 Å². The molecule has 0 fully saturated rings. The number of Topliss-reactive ketones (excluding diaryl/α,β-unsaturated/α-hetero) is 1. The molecule has 0 atom stereocenters. The minimum absolute atomic E-state index is 0.198. The Balaban J connectivity index is 1.55. The quantitative estimate of drug-likeness (QED) is 0.280. The third-order valence-electron chi connectivity index (χ3n) is 4.32. The van der Waals surface area contributed by atoms with Crippen molar-refractivity contribution in [3.05, 3.63) is 64.8 Å². The third kappa shape index (κ3) is 3.13. The molecule has 7 heteroatoms. The summed E-state index contributed by atoms with van der Waals surface area (Å²) in [6, 6.07) is 13.4. The molecule has 27 heavy (non-hydrogen) atoms.